The van der Waals surface area contributed by atoms with E-state index in [1.54, 1.807) is 0 Å². The molecule has 0 atom stereocenters. The molecule has 0 saturated carbocycles. The summed E-state index contributed by atoms with van der Waals surface area (Å²) in [6.45, 7) is 3.28. The van der Waals surface area contributed by atoms with Gasteiger partial charge in [-0.3, -0.25) is 0 Å². The Hall–Kier alpha value is -1.30. The smallest absolute Gasteiger partial charge is 0.164 e. The van der Waals surface area contributed by atoms with Crippen LogP contribution in [0.2, 0.25) is 0 Å². The number of carbonyl (C=O) groups excluding carboxylic acids is 2. The normalized spacial score (nSPS) is 7.44. The first-order valence-electron chi connectivity index (χ1n) is 4.36. The number of rotatable bonds is 4. The van der Waals surface area contributed by atoms with E-state index in [0.717, 1.165) is 13.8 Å². The Morgan fingerprint density at radius 3 is 1.61 bits per heavy atom. The minimum Gasteiger partial charge on any atom is -0.550 e. The van der Waals surface area contributed by atoms with Crippen LogP contribution in [0, 0.1) is 0 Å². The summed E-state index contributed by atoms with van der Waals surface area (Å²) >= 11 is 0. The summed E-state index contributed by atoms with van der Waals surface area (Å²) in [4.78, 5) is 17.8. The highest BCUT2D eigenvalue weighted by Crippen LogP contribution is 1.66. The third-order valence-corrected chi connectivity index (χ3v) is 0.648. The largest absolute Gasteiger partial charge is 0.550 e. The predicted molar refractivity (Wildman–Crippen MR) is 63.5 cm³/mol. The maximum atomic E-state index is 8.89. The molecule has 0 bridgehead atoms. The molecule has 0 aliphatic rings. The van der Waals surface area contributed by atoms with Gasteiger partial charge in [-0.15, -0.1) is 0 Å². The minimum atomic E-state index is -1.26. The van der Waals surface area contributed by atoms with Crippen molar-refractivity contribution < 1.29 is 30.0 Å². The molecule has 0 aliphatic carbocycles. The van der Waals surface area contributed by atoms with Gasteiger partial charge >= 0.3 is 0 Å². The molecule has 0 aromatic heterocycles. The van der Waals surface area contributed by atoms with Crippen LogP contribution >= 0.6 is 0 Å². The van der Waals surface area contributed by atoms with Crippen LogP contribution in [0.1, 0.15) is 13.8 Å². The summed E-state index contributed by atoms with van der Waals surface area (Å²) in [5.74, 6) is -2.17. The van der Waals surface area contributed by atoms with Crippen LogP contribution in [0.15, 0.2) is 0 Å². The summed E-state index contributed by atoms with van der Waals surface area (Å²) < 4.78 is 0. The molecule has 0 amide bonds. The molecule has 13 N–H and O–H groups in total. The van der Waals surface area contributed by atoms with Gasteiger partial charge in [0.25, 0.3) is 0 Å². The molecule has 10 heteroatoms. The summed E-state index contributed by atoms with van der Waals surface area (Å²) in [6.07, 6.45) is -1.26. The second kappa shape index (κ2) is 24.8. The van der Waals surface area contributed by atoms with Crippen LogP contribution in [-0.4, -0.2) is 48.1 Å². The first-order valence-corrected chi connectivity index (χ1v) is 4.36. The molecule has 0 fully saturated rings. The lowest BCUT2D eigenvalue weighted by Crippen LogP contribution is -2.30. The topological polar surface area (TPSA) is 232 Å². The average Bonchev–Trinajstić information content (AvgIpc) is 2.01. The lowest BCUT2D eigenvalue weighted by atomic mass is 10.5. The molecule has 0 aromatic carbocycles. The van der Waals surface area contributed by atoms with Crippen LogP contribution < -0.4 is 33.6 Å². The highest BCUT2D eigenvalue weighted by atomic mass is 16.5. The van der Waals surface area contributed by atoms with Crippen molar-refractivity contribution in [1.82, 2.24) is 17.6 Å². The van der Waals surface area contributed by atoms with E-state index in [9.17, 15) is 0 Å². The number of nitrogens with one attached hydrogen (secondary N) is 1. The molecule has 0 unspecified atom stereocenters. The zero-order chi connectivity index (χ0) is 13.6. The zero-order valence-corrected chi connectivity index (χ0v) is 11.3. The third-order valence-electron chi connectivity index (χ3n) is 0.648. The van der Waals surface area contributed by atoms with Crippen LogP contribution in [0.25, 0.3) is 0 Å². The fourth-order valence-electron chi connectivity index (χ4n) is 0.333. The summed E-state index contributed by atoms with van der Waals surface area (Å²) in [5, 5.41) is 36.9. The van der Waals surface area contributed by atoms with E-state index in [1.165, 1.54) is 0 Å². The predicted octanol–water partition coefficient (Wildman–Crippen LogP) is -3.89. The van der Waals surface area contributed by atoms with E-state index in [-0.39, 0.29) is 18.8 Å². The minimum absolute atomic E-state index is 0. The molecule has 0 spiro atoms. The van der Waals surface area contributed by atoms with E-state index < -0.39 is 18.2 Å². The molecule has 0 aromatic rings. The van der Waals surface area contributed by atoms with Gasteiger partial charge in [-0.1, -0.05) is 0 Å². The number of quaternary nitrogens is 2. The molecule has 0 saturated heterocycles. The number of nitrogens with two attached hydrogens (primary N) is 1. The number of carbonyl (C=O) groups is 2. The van der Waals surface area contributed by atoms with Crippen molar-refractivity contribution in [2.45, 2.75) is 20.1 Å². The average molecular weight is 274 g/mol. The number of carboxylic acid groups (broad SMARTS) is 2. The van der Waals surface area contributed by atoms with E-state index in [1.807, 2.05) is 0 Å². The van der Waals surface area contributed by atoms with Crippen molar-refractivity contribution in [3.63, 3.8) is 0 Å². The molecular weight excluding hydrogens is 248 g/mol. The van der Waals surface area contributed by atoms with Gasteiger partial charge in [0.1, 0.15) is 0 Å². The first-order chi connectivity index (χ1) is 7.23. The standard InChI is InChI=1S/C4H12N2O2.2C2H4O2.2H3N/c5-1-2-6-3-4(7)8;2*1-2(3)4;;/h4,6-8H,1-3,5H2;2*1H3,(H,3,4);2*1H3. The van der Waals surface area contributed by atoms with Crippen LogP contribution in [0.5, 0.6) is 0 Å². The maximum absolute atomic E-state index is 8.89. The highest BCUT2D eigenvalue weighted by Gasteiger charge is 1.91. The third kappa shape index (κ3) is 202. The first kappa shape index (κ1) is 30.1. The number of hydrogen-bond donors (Lipinski definition) is 6. The van der Waals surface area contributed by atoms with Crippen molar-refractivity contribution in [2.24, 2.45) is 5.73 Å². The van der Waals surface area contributed by atoms with Gasteiger partial charge in [0.2, 0.25) is 0 Å². The second-order valence-corrected chi connectivity index (χ2v) is 2.46. The van der Waals surface area contributed by atoms with Gasteiger partial charge in [-0.25, -0.2) is 0 Å². The molecule has 0 rings (SSSR count). The number of aliphatic carboxylic acids is 2. The van der Waals surface area contributed by atoms with Crippen LogP contribution in [0.3, 0.4) is 0 Å². The van der Waals surface area contributed by atoms with Gasteiger partial charge in [0.15, 0.2) is 6.29 Å². The van der Waals surface area contributed by atoms with Crippen molar-refractivity contribution >= 4 is 11.9 Å². The summed E-state index contributed by atoms with van der Waals surface area (Å²) in [7, 11) is 0. The zero-order valence-electron chi connectivity index (χ0n) is 11.3. The Morgan fingerprint density at radius 1 is 1.17 bits per heavy atom. The number of aliphatic hydroxyl groups is 2. The fraction of sp³-hybridized carbons (Fsp3) is 0.750. The summed E-state index contributed by atoms with van der Waals surface area (Å²) in [5.41, 5.74) is 5.09. The Kier molecular flexibility index (Phi) is 41.4. The molecular formula is C8H26N4O6. The molecule has 18 heavy (non-hydrogen) atoms. The van der Waals surface area contributed by atoms with Gasteiger partial charge < -0.3 is 53.4 Å². The van der Waals surface area contributed by atoms with Crippen molar-refractivity contribution in [1.29, 1.82) is 0 Å². The van der Waals surface area contributed by atoms with Gasteiger partial charge in [0.05, 0.1) is 0 Å². The Labute approximate surface area is 106 Å². The fourth-order valence-corrected chi connectivity index (χ4v) is 0.333. The number of aliphatic hydroxyl groups excluding tert-OH is 1. The Morgan fingerprint density at radius 2 is 1.44 bits per heavy atom. The van der Waals surface area contributed by atoms with Gasteiger partial charge in [0, 0.05) is 31.6 Å². The Balaban J connectivity index is -0.0000000489. The monoisotopic (exact) mass is 274 g/mol. The highest BCUT2D eigenvalue weighted by molar-refractivity contribution is 5.60. The van der Waals surface area contributed by atoms with Crippen molar-refractivity contribution in [2.75, 3.05) is 19.6 Å². The molecule has 0 heterocycles. The number of carboxylic acids is 2. The molecule has 114 valence electrons. The van der Waals surface area contributed by atoms with Crippen molar-refractivity contribution in [3.05, 3.63) is 0 Å². The second-order valence-electron chi connectivity index (χ2n) is 2.46. The van der Waals surface area contributed by atoms with Crippen LogP contribution in [-0.2, 0) is 9.59 Å². The van der Waals surface area contributed by atoms with Crippen molar-refractivity contribution in [3.8, 4) is 0 Å². The van der Waals surface area contributed by atoms with E-state index >= 15 is 0 Å². The van der Waals surface area contributed by atoms with E-state index in [4.69, 9.17) is 35.7 Å². The summed E-state index contributed by atoms with van der Waals surface area (Å²) in [6, 6.07) is 0. The molecule has 0 aliphatic heterocycles. The lowest BCUT2D eigenvalue weighted by Gasteiger charge is -2.02. The van der Waals surface area contributed by atoms with E-state index in [0.29, 0.717) is 13.1 Å². The SMILES string of the molecule is CC(=O)[O-].CC(=O)[O-].NCCNCC(O)O.[NH4+].[NH4+]. The number of hydrogen-bond acceptors (Lipinski definition) is 8. The lowest BCUT2D eigenvalue weighted by molar-refractivity contribution is -0.303. The van der Waals surface area contributed by atoms with E-state index in [2.05, 4.69) is 5.32 Å². The van der Waals surface area contributed by atoms with Gasteiger partial charge in [-0.2, -0.15) is 0 Å². The van der Waals surface area contributed by atoms with Gasteiger partial charge in [-0.05, 0) is 13.8 Å². The Bertz CT molecular complexity index is 159. The maximum Gasteiger partial charge on any atom is 0.164 e. The quantitative estimate of drug-likeness (QED) is 0.218. The molecule has 10 nitrogen and oxygen atoms in total. The van der Waals surface area contributed by atoms with Crippen LogP contribution in [0.4, 0.5) is 0 Å². The molecule has 0 radical (unpaired) electrons.